The van der Waals surface area contributed by atoms with Gasteiger partial charge in [0.25, 0.3) is 5.91 Å². The standard InChI is InChI=1S/C20H22N2O4S/c1-14(19(24)21-13-17-5-4-12-27-17)26-20(25)15-7-9-16(10-8-15)22-11-3-2-6-18(22)23/h4-5,7-10,12,14H,2-3,6,11,13H2,1H3,(H,21,24). The summed E-state index contributed by atoms with van der Waals surface area (Å²) in [5.41, 5.74) is 1.12. The molecule has 142 valence electrons. The van der Waals surface area contributed by atoms with Crippen LogP contribution in [0.15, 0.2) is 41.8 Å². The number of benzene rings is 1. The molecule has 0 saturated carbocycles. The van der Waals surface area contributed by atoms with Crippen LogP contribution in [0.25, 0.3) is 0 Å². The van der Waals surface area contributed by atoms with E-state index >= 15 is 0 Å². The molecule has 1 aliphatic heterocycles. The van der Waals surface area contributed by atoms with Gasteiger partial charge in [-0.2, -0.15) is 0 Å². The summed E-state index contributed by atoms with van der Waals surface area (Å²) in [6, 6.07) is 10.6. The molecule has 2 amide bonds. The third-order valence-corrected chi connectivity index (χ3v) is 5.28. The number of carbonyl (C=O) groups is 3. The summed E-state index contributed by atoms with van der Waals surface area (Å²) in [5, 5.41) is 4.69. The van der Waals surface area contributed by atoms with E-state index in [9.17, 15) is 14.4 Å². The number of hydrogen-bond donors (Lipinski definition) is 1. The van der Waals surface area contributed by atoms with Gasteiger partial charge in [-0.25, -0.2) is 4.79 Å². The number of amides is 2. The zero-order valence-electron chi connectivity index (χ0n) is 15.1. The van der Waals surface area contributed by atoms with Crippen molar-refractivity contribution in [2.24, 2.45) is 0 Å². The van der Waals surface area contributed by atoms with Crippen molar-refractivity contribution in [2.45, 2.75) is 38.8 Å². The number of ether oxygens (including phenoxy) is 1. The summed E-state index contributed by atoms with van der Waals surface area (Å²) < 4.78 is 5.25. The largest absolute Gasteiger partial charge is 0.449 e. The Hall–Kier alpha value is -2.67. The third-order valence-electron chi connectivity index (χ3n) is 4.41. The second-order valence-electron chi connectivity index (χ2n) is 6.39. The van der Waals surface area contributed by atoms with Gasteiger partial charge in [0.05, 0.1) is 12.1 Å². The minimum Gasteiger partial charge on any atom is -0.449 e. The quantitative estimate of drug-likeness (QED) is 0.774. The van der Waals surface area contributed by atoms with Gasteiger partial charge in [-0.3, -0.25) is 9.59 Å². The van der Waals surface area contributed by atoms with Crippen molar-refractivity contribution < 1.29 is 19.1 Å². The van der Waals surface area contributed by atoms with E-state index in [4.69, 9.17) is 4.74 Å². The Morgan fingerprint density at radius 1 is 1.22 bits per heavy atom. The lowest BCUT2D eigenvalue weighted by Crippen LogP contribution is -2.35. The maximum Gasteiger partial charge on any atom is 0.338 e. The summed E-state index contributed by atoms with van der Waals surface area (Å²) in [5.74, 6) is -0.801. The van der Waals surface area contributed by atoms with Crippen molar-refractivity contribution in [1.82, 2.24) is 5.32 Å². The molecule has 0 aliphatic carbocycles. The summed E-state index contributed by atoms with van der Waals surface area (Å²) in [4.78, 5) is 39.1. The first-order chi connectivity index (χ1) is 13.0. The SMILES string of the molecule is CC(OC(=O)c1ccc(N2CCCCC2=O)cc1)C(=O)NCc1cccs1. The lowest BCUT2D eigenvalue weighted by Gasteiger charge is -2.26. The molecule has 0 bridgehead atoms. The van der Waals surface area contributed by atoms with Crippen LogP contribution < -0.4 is 10.2 Å². The Balaban J connectivity index is 1.53. The number of nitrogens with one attached hydrogen (secondary N) is 1. The predicted octanol–water partition coefficient (Wildman–Crippen LogP) is 3.13. The van der Waals surface area contributed by atoms with Gasteiger partial charge in [0.2, 0.25) is 5.91 Å². The number of carbonyl (C=O) groups excluding carboxylic acids is 3. The Morgan fingerprint density at radius 2 is 2.00 bits per heavy atom. The van der Waals surface area contributed by atoms with Crippen LogP contribution in [0.1, 0.15) is 41.4 Å². The number of esters is 1. The molecule has 1 unspecified atom stereocenters. The predicted molar refractivity (Wildman–Crippen MR) is 104 cm³/mol. The van der Waals surface area contributed by atoms with Gasteiger partial charge in [0.1, 0.15) is 0 Å². The first kappa shape index (κ1) is 19.1. The highest BCUT2D eigenvalue weighted by atomic mass is 32.1. The number of thiophene rings is 1. The highest BCUT2D eigenvalue weighted by Gasteiger charge is 2.21. The highest BCUT2D eigenvalue weighted by Crippen LogP contribution is 2.21. The number of rotatable bonds is 6. The minimum absolute atomic E-state index is 0.104. The van der Waals surface area contributed by atoms with Gasteiger partial charge >= 0.3 is 5.97 Å². The van der Waals surface area contributed by atoms with Gasteiger partial charge in [0, 0.05) is 23.5 Å². The van der Waals surface area contributed by atoms with Gasteiger partial charge in [0.15, 0.2) is 6.10 Å². The van der Waals surface area contributed by atoms with Crippen LogP contribution in [0.5, 0.6) is 0 Å². The zero-order valence-corrected chi connectivity index (χ0v) is 16.0. The summed E-state index contributed by atoms with van der Waals surface area (Å²) in [7, 11) is 0. The van der Waals surface area contributed by atoms with Crippen LogP contribution in [-0.2, 0) is 20.9 Å². The van der Waals surface area contributed by atoms with E-state index < -0.39 is 12.1 Å². The Labute approximate surface area is 162 Å². The highest BCUT2D eigenvalue weighted by molar-refractivity contribution is 7.09. The van der Waals surface area contributed by atoms with E-state index in [1.165, 1.54) is 0 Å². The molecular weight excluding hydrogens is 364 g/mol. The molecule has 1 fully saturated rings. The number of hydrogen-bond acceptors (Lipinski definition) is 5. The topological polar surface area (TPSA) is 75.7 Å². The van der Waals surface area contributed by atoms with Crippen molar-refractivity contribution in [3.8, 4) is 0 Å². The Kier molecular flexibility index (Phi) is 6.24. The number of nitrogens with zero attached hydrogens (tertiary/aromatic N) is 1. The molecular formula is C20H22N2O4S. The van der Waals surface area contributed by atoms with Crippen LogP contribution in [-0.4, -0.2) is 30.4 Å². The molecule has 1 atom stereocenters. The van der Waals surface area contributed by atoms with Crippen LogP contribution in [0.2, 0.25) is 0 Å². The molecule has 27 heavy (non-hydrogen) atoms. The fraction of sp³-hybridized carbons (Fsp3) is 0.350. The van der Waals surface area contributed by atoms with E-state index in [-0.39, 0.29) is 11.8 Å². The molecule has 1 saturated heterocycles. The lowest BCUT2D eigenvalue weighted by atomic mass is 10.1. The molecule has 2 heterocycles. The van der Waals surface area contributed by atoms with Gasteiger partial charge in [-0.05, 0) is 55.5 Å². The van der Waals surface area contributed by atoms with Crippen molar-refractivity contribution >= 4 is 34.8 Å². The molecule has 2 aromatic rings. The van der Waals surface area contributed by atoms with Gasteiger partial charge < -0.3 is 15.0 Å². The average Bonchev–Trinajstić information content (AvgIpc) is 3.20. The second kappa shape index (κ2) is 8.81. The van der Waals surface area contributed by atoms with Crippen LogP contribution in [0.4, 0.5) is 5.69 Å². The van der Waals surface area contributed by atoms with Gasteiger partial charge in [-0.1, -0.05) is 6.07 Å². The normalized spacial score (nSPS) is 15.3. The van der Waals surface area contributed by atoms with Crippen molar-refractivity contribution in [3.05, 3.63) is 52.2 Å². The monoisotopic (exact) mass is 386 g/mol. The first-order valence-corrected chi connectivity index (χ1v) is 9.84. The average molecular weight is 386 g/mol. The third kappa shape index (κ3) is 4.95. The fourth-order valence-corrected chi connectivity index (χ4v) is 3.51. The molecule has 3 rings (SSSR count). The number of anilines is 1. The fourth-order valence-electron chi connectivity index (χ4n) is 2.87. The van der Waals surface area contributed by atoms with Crippen LogP contribution in [0.3, 0.4) is 0 Å². The molecule has 7 heteroatoms. The summed E-state index contributed by atoms with van der Waals surface area (Å²) in [6.07, 6.45) is 1.57. The van der Waals surface area contributed by atoms with E-state index in [1.54, 1.807) is 47.4 Å². The second-order valence-corrected chi connectivity index (χ2v) is 7.43. The Morgan fingerprint density at radius 3 is 2.67 bits per heavy atom. The Bertz CT molecular complexity index is 802. The summed E-state index contributed by atoms with van der Waals surface area (Å²) >= 11 is 1.55. The van der Waals surface area contributed by atoms with Gasteiger partial charge in [-0.15, -0.1) is 11.3 Å². The number of piperidine rings is 1. The maximum absolute atomic E-state index is 12.3. The lowest BCUT2D eigenvalue weighted by molar-refractivity contribution is -0.129. The van der Waals surface area contributed by atoms with E-state index in [0.29, 0.717) is 25.1 Å². The molecule has 1 aliphatic rings. The van der Waals surface area contributed by atoms with E-state index in [2.05, 4.69) is 5.32 Å². The van der Waals surface area contributed by atoms with E-state index in [1.807, 2.05) is 17.5 Å². The molecule has 1 N–H and O–H groups in total. The smallest absolute Gasteiger partial charge is 0.338 e. The molecule has 0 spiro atoms. The molecule has 1 aromatic carbocycles. The summed E-state index contributed by atoms with van der Waals surface area (Å²) in [6.45, 7) is 2.66. The molecule has 0 radical (unpaired) electrons. The zero-order chi connectivity index (χ0) is 19.2. The maximum atomic E-state index is 12.3. The molecule has 6 nitrogen and oxygen atoms in total. The van der Waals surface area contributed by atoms with Crippen LogP contribution in [0, 0.1) is 0 Å². The van der Waals surface area contributed by atoms with Crippen molar-refractivity contribution in [2.75, 3.05) is 11.4 Å². The molecule has 1 aromatic heterocycles. The minimum atomic E-state index is -0.888. The van der Waals surface area contributed by atoms with Crippen LogP contribution >= 0.6 is 11.3 Å². The van der Waals surface area contributed by atoms with E-state index in [0.717, 1.165) is 23.4 Å². The van der Waals surface area contributed by atoms with Crippen molar-refractivity contribution in [3.63, 3.8) is 0 Å². The first-order valence-electron chi connectivity index (χ1n) is 8.96. The van der Waals surface area contributed by atoms with Crippen molar-refractivity contribution in [1.29, 1.82) is 0 Å².